The molecule has 84 valence electrons. The van der Waals surface area contributed by atoms with Crippen molar-refractivity contribution in [3.63, 3.8) is 0 Å². The number of imidazole rings is 1. The first-order valence-electron chi connectivity index (χ1n) is 5.10. The molecule has 0 atom stereocenters. The molecular formula is C11H14N4O. The van der Waals surface area contributed by atoms with Crippen LogP contribution < -0.4 is 5.84 Å². The number of fused-ring (bicyclic) bond motifs is 1. The van der Waals surface area contributed by atoms with Gasteiger partial charge in [-0.2, -0.15) is 0 Å². The molecule has 0 radical (unpaired) electrons. The number of aromatic amines is 1. The van der Waals surface area contributed by atoms with Gasteiger partial charge in [0.05, 0.1) is 17.4 Å². The lowest BCUT2D eigenvalue weighted by molar-refractivity contribution is -0.130. The lowest BCUT2D eigenvalue weighted by atomic mass is 10.1. The van der Waals surface area contributed by atoms with Crippen molar-refractivity contribution in [3.8, 4) is 0 Å². The monoisotopic (exact) mass is 218 g/mol. The molecule has 0 bridgehead atoms. The normalized spacial score (nSPS) is 10.6. The number of aromatic nitrogens is 2. The van der Waals surface area contributed by atoms with E-state index >= 15 is 0 Å². The summed E-state index contributed by atoms with van der Waals surface area (Å²) in [4.78, 5) is 18.5. The van der Waals surface area contributed by atoms with E-state index in [-0.39, 0.29) is 5.91 Å². The number of benzene rings is 1. The number of nitrogens with zero attached hydrogens (tertiary/aromatic N) is 2. The summed E-state index contributed by atoms with van der Waals surface area (Å²) in [5, 5.41) is 1.12. The molecule has 0 fully saturated rings. The van der Waals surface area contributed by atoms with Gasteiger partial charge in [-0.25, -0.2) is 10.8 Å². The zero-order valence-corrected chi connectivity index (χ0v) is 9.10. The van der Waals surface area contributed by atoms with Crippen LogP contribution in [0.4, 0.5) is 0 Å². The van der Waals surface area contributed by atoms with Gasteiger partial charge in [-0.05, 0) is 24.1 Å². The van der Waals surface area contributed by atoms with Crippen molar-refractivity contribution >= 4 is 16.9 Å². The highest BCUT2D eigenvalue weighted by molar-refractivity contribution is 5.77. The van der Waals surface area contributed by atoms with Crippen LogP contribution in [-0.2, 0) is 11.2 Å². The first-order valence-corrected chi connectivity index (χ1v) is 5.10. The molecule has 1 aromatic heterocycles. The number of hydrogen-bond acceptors (Lipinski definition) is 3. The van der Waals surface area contributed by atoms with Gasteiger partial charge in [0.1, 0.15) is 0 Å². The smallest absolute Gasteiger partial charge is 0.236 e. The number of nitrogens with two attached hydrogens (primary N) is 1. The van der Waals surface area contributed by atoms with Gasteiger partial charge in [0.25, 0.3) is 0 Å². The van der Waals surface area contributed by atoms with Gasteiger partial charge >= 0.3 is 0 Å². The molecule has 0 aliphatic heterocycles. The Kier molecular flexibility index (Phi) is 2.87. The number of rotatable bonds is 3. The van der Waals surface area contributed by atoms with Crippen molar-refractivity contribution in [2.24, 2.45) is 5.84 Å². The molecule has 0 spiro atoms. The Bertz CT molecular complexity index is 503. The Balaban J connectivity index is 2.06. The summed E-state index contributed by atoms with van der Waals surface area (Å²) < 4.78 is 0. The summed E-state index contributed by atoms with van der Waals surface area (Å²) in [7, 11) is 1.56. The first-order chi connectivity index (χ1) is 7.66. The lowest BCUT2D eigenvalue weighted by Gasteiger charge is -2.09. The van der Waals surface area contributed by atoms with Crippen molar-refractivity contribution in [1.82, 2.24) is 15.0 Å². The molecule has 1 amide bonds. The minimum absolute atomic E-state index is 0.0651. The number of hydrazine groups is 1. The number of carbonyl (C=O) groups excluding carboxylic acids is 1. The van der Waals surface area contributed by atoms with Crippen molar-refractivity contribution in [2.45, 2.75) is 12.8 Å². The molecule has 3 N–H and O–H groups in total. The van der Waals surface area contributed by atoms with E-state index in [0.717, 1.165) is 21.6 Å². The van der Waals surface area contributed by atoms with Gasteiger partial charge in [-0.15, -0.1) is 0 Å². The number of aryl methyl sites for hydroxylation is 1. The number of H-pyrrole nitrogens is 1. The maximum absolute atomic E-state index is 11.3. The maximum Gasteiger partial charge on any atom is 0.236 e. The van der Waals surface area contributed by atoms with E-state index < -0.39 is 0 Å². The van der Waals surface area contributed by atoms with E-state index in [4.69, 9.17) is 5.84 Å². The predicted molar refractivity (Wildman–Crippen MR) is 61.4 cm³/mol. The Labute approximate surface area is 93.2 Å². The molecule has 5 nitrogen and oxygen atoms in total. The highest BCUT2D eigenvalue weighted by Gasteiger charge is 2.05. The molecule has 0 aliphatic carbocycles. The van der Waals surface area contributed by atoms with E-state index in [1.807, 2.05) is 18.2 Å². The van der Waals surface area contributed by atoms with E-state index in [2.05, 4.69) is 9.97 Å². The van der Waals surface area contributed by atoms with E-state index in [1.165, 1.54) is 0 Å². The van der Waals surface area contributed by atoms with Gasteiger partial charge in [0.2, 0.25) is 5.91 Å². The molecule has 1 heterocycles. The Morgan fingerprint density at radius 2 is 2.38 bits per heavy atom. The predicted octanol–water partition coefficient (Wildman–Crippen LogP) is 0.828. The van der Waals surface area contributed by atoms with Crippen LogP contribution >= 0.6 is 0 Å². The standard InChI is InChI=1S/C11H14N4O/c1-15(12)11(16)5-3-8-2-4-9-10(6-8)14-7-13-9/h2,4,6-7H,3,5,12H2,1H3,(H,13,14). The Morgan fingerprint density at radius 1 is 1.56 bits per heavy atom. The molecular weight excluding hydrogens is 204 g/mol. The van der Waals surface area contributed by atoms with Crippen LogP contribution in [-0.4, -0.2) is 27.9 Å². The van der Waals surface area contributed by atoms with E-state index in [1.54, 1.807) is 13.4 Å². The fourth-order valence-corrected chi connectivity index (χ4v) is 1.57. The molecule has 2 aromatic rings. The lowest BCUT2D eigenvalue weighted by Crippen LogP contribution is -2.33. The number of hydrogen-bond donors (Lipinski definition) is 2. The summed E-state index contributed by atoms with van der Waals surface area (Å²) in [6, 6.07) is 5.93. The van der Waals surface area contributed by atoms with Crippen LogP contribution in [0.2, 0.25) is 0 Å². The number of carbonyl (C=O) groups is 1. The zero-order chi connectivity index (χ0) is 11.5. The second-order valence-corrected chi connectivity index (χ2v) is 3.76. The SMILES string of the molecule is CN(N)C(=O)CCc1ccc2nc[nH]c2c1. The fraction of sp³-hybridized carbons (Fsp3) is 0.273. The van der Waals surface area contributed by atoms with Crippen LogP contribution in [0, 0.1) is 0 Å². The van der Waals surface area contributed by atoms with Crippen molar-refractivity contribution < 1.29 is 4.79 Å². The summed E-state index contributed by atoms with van der Waals surface area (Å²) in [6.07, 6.45) is 2.77. The van der Waals surface area contributed by atoms with Gasteiger partial charge in [0, 0.05) is 13.5 Å². The van der Waals surface area contributed by atoms with Crippen LogP contribution in [0.15, 0.2) is 24.5 Å². The molecule has 0 unspecified atom stereocenters. The van der Waals surface area contributed by atoms with Crippen molar-refractivity contribution in [2.75, 3.05) is 7.05 Å². The molecule has 16 heavy (non-hydrogen) atoms. The average molecular weight is 218 g/mol. The van der Waals surface area contributed by atoms with Crippen LogP contribution in [0.5, 0.6) is 0 Å². The highest BCUT2D eigenvalue weighted by Crippen LogP contribution is 2.13. The van der Waals surface area contributed by atoms with Crippen LogP contribution in [0.3, 0.4) is 0 Å². The van der Waals surface area contributed by atoms with E-state index in [9.17, 15) is 4.79 Å². The largest absolute Gasteiger partial charge is 0.345 e. The second-order valence-electron chi connectivity index (χ2n) is 3.76. The first kappa shape index (κ1) is 10.6. The summed E-state index contributed by atoms with van der Waals surface area (Å²) in [5.74, 6) is 5.28. The molecule has 1 aromatic carbocycles. The van der Waals surface area contributed by atoms with Gasteiger partial charge in [-0.3, -0.25) is 9.80 Å². The Hall–Kier alpha value is -1.88. The minimum Gasteiger partial charge on any atom is -0.345 e. The van der Waals surface area contributed by atoms with Crippen LogP contribution in [0.25, 0.3) is 11.0 Å². The van der Waals surface area contributed by atoms with Crippen molar-refractivity contribution in [1.29, 1.82) is 0 Å². The second kappa shape index (κ2) is 4.32. The topological polar surface area (TPSA) is 75.0 Å². The van der Waals surface area contributed by atoms with Gasteiger partial charge < -0.3 is 4.98 Å². The third kappa shape index (κ3) is 2.20. The number of amides is 1. The molecule has 0 aliphatic rings. The fourth-order valence-electron chi connectivity index (χ4n) is 1.57. The minimum atomic E-state index is -0.0651. The summed E-state index contributed by atoms with van der Waals surface area (Å²) in [6.45, 7) is 0. The average Bonchev–Trinajstić information content (AvgIpc) is 2.72. The van der Waals surface area contributed by atoms with Crippen molar-refractivity contribution in [3.05, 3.63) is 30.1 Å². The zero-order valence-electron chi connectivity index (χ0n) is 9.10. The molecule has 5 heteroatoms. The van der Waals surface area contributed by atoms with E-state index in [0.29, 0.717) is 12.8 Å². The maximum atomic E-state index is 11.3. The van der Waals surface area contributed by atoms with Gasteiger partial charge in [-0.1, -0.05) is 6.07 Å². The summed E-state index contributed by atoms with van der Waals surface area (Å²) in [5.41, 5.74) is 3.03. The molecule has 0 saturated heterocycles. The highest BCUT2D eigenvalue weighted by atomic mass is 16.2. The number of nitrogens with one attached hydrogen (secondary N) is 1. The third-order valence-electron chi connectivity index (χ3n) is 2.51. The quantitative estimate of drug-likeness (QED) is 0.455. The van der Waals surface area contributed by atoms with Crippen LogP contribution in [0.1, 0.15) is 12.0 Å². The third-order valence-corrected chi connectivity index (χ3v) is 2.51. The Morgan fingerprint density at radius 3 is 3.12 bits per heavy atom. The van der Waals surface area contributed by atoms with Gasteiger partial charge in [0.15, 0.2) is 0 Å². The molecule has 0 saturated carbocycles. The summed E-state index contributed by atoms with van der Waals surface area (Å²) >= 11 is 0. The molecule has 2 rings (SSSR count).